The number of hydrogen-bond donors (Lipinski definition) is 1. The fraction of sp³-hybridized carbons (Fsp3) is 0.231. The topological polar surface area (TPSA) is 55.2 Å². The van der Waals surface area contributed by atoms with Crippen molar-refractivity contribution in [3.8, 4) is 5.88 Å². The molecule has 0 aliphatic heterocycles. The van der Waals surface area contributed by atoms with Gasteiger partial charge in [-0.25, -0.2) is 4.39 Å². The van der Waals surface area contributed by atoms with Crippen LogP contribution in [0.2, 0.25) is 0 Å². The second-order valence-electron chi connectivity index (χ2n) is 4.14. The predicted octanol–water partition coefficient (Wildman–Crippen LogP) is 2.72. The molecule has 0 saturated heterocycles. The van der Waals surface area contributed by atoms with E-state index in [0.717, 1.165) is 6.07 Å². The molecule has 2 rings (SSSR count). The highest BCUT2D eigenvalue weighted by molar-refractivity contribution is 5.32. The maximum atomic E-state index is 13.2. The molecule has 1 aromatic heterocycles. The van der Waals surface area contributed by atoms with Crippen LogP contribution in [0.4, 0.5) is 17.6 Å². The van der Waals surface area contributed by atoms with Crippen LogP contribution >= 0.6 is 0 Å². The van der Waals surface area contributed by atoms with Gasteiger partial charge in [-0.15, -0.1) is 10.2 Å². The van der Waals surface area contributed by atoms with Crippen LogP contribution in [0.5, 0.6) is 5.88 Å². The zero-order valence-corrected chi connectivity index (χ0v) is 10.7. The van der Waals surface area contributed by atoms with Gasteiger partial charge in [0, 0.05) is 6.07 Å². The van der Waals surface area contributed by atoms with E-state index in [2.05, 4.69) is 10.2 Å². The lowest BCUT2D eigenvalue weighted by Gasteiger charge is -2.14. The Kier molecular flexibility index (Phi) is 4.08. The van der Waals surface area contributed by atoms with Crippen LogP contribution in [0, 0.1) is 5.82 Å². The van der Waals surface area contributed by atoms with Crippen molar-refractivity contribution in [1.29, 1.82) is 0 Å². The molecule has 0 bridgehead atoms. The Morgan fingerprint density at radius 1 is 1.14 bits per heavy atom. The normalized spacial score (nSPS) is 13.0. The molecule has 1 atom stereocenters. The molecule has 0 aliphatic carbocycles. The first-order valence-corrected chi connectivity index (χ1v) is 5.75. The van der Waals surface area contributed by atoms with E-state index in [4.69, 9.17) is 4.74 Å². The van der Waals surface area contributed by atoms with Crippen LogP contribution < -0.4 is 4.74 Å². The highest BCUT2D eigenvalue weighted by Crippen LogP contribution is 2.33. The quantitative estimate of drug-likeness (QED) is 0.886. The highest BCUT2D eigenvalue weighted by Gasteiger charge is 2.34. The van der Waals surface area contributed by atoms with Gasteiger partial charge in [-0.1, -0.05) is 6.07 Å². The Labute approximate surface area is 117 Å². The van der Waals surface area contributed by atoms with Crippen LogP contribution in [0.3, 0.4) is 0 Å². The van der Waals surface area contributed by atoms with Crippen LogP contribution in [-0.4, -0.2) is 22.4 Å². The Hall–Kier alpha value is -2.22. The number of hydrogen-bond acceptors (Lipinski definition) is 4. The molecule has 0 fully saturated rings. The van der Waals surface area contributed by atoms with Crippen molar-refractivity contribution in [2.75, 3.05) is 7.11 Å². The molecule has 1 N–H and O–H groups in total. The van der Waals surface area contributed by atoms with E-state index >= 15 is 0 Å². The third-order valence-corrected chi connectivity index (χ3v) is 2.76. The molecule has 0 saturated carbocycles. The Morgan fingerprint density at radius 3 is 2.38 bits per heavy atom. The third-order valence-electron chi connectivity index (χ3n) is 2.76. The predicted molar refractivity (Wildman–Crippen MR) is 64.0 cm³/mol. The maximum absolute atomic E-state index is 13.2. The summed E-state index contributed by atoms with van der Waals surface area (Å²) in [6.07, 6.45) is -6.30. The molecule has 1 unspecified atom stereocenters. The molecule has 0 aliphatic rings. The van der Waals surface area contributed by atoms with Gasteiger partial charge in [-0.05, 0) is 23.8 Å². The van der Waals surface area contributed by atoms with E-state index in [9.17, 15) is 22.7 Å². The summed E-state index contributed by atoms with van der Waals surface area (Å²) in [5.41, 5.74) is -1.56. The fourth-order valence-corrected chi connectivity index (χ4v) is 1.69. The smallest absolute Gasteiger partial charge is 0.419 e. The average molecular weight is 302 g/mol. The summed E-state index contributed by atoms with van der Waals surface area (Å²) < 4.78 is 55.8. The molecule has 0 radical (unpaired) electrons. The van der Waals surface area contributed by atoms with Gasteiger partial charge in [0.1, 0.15) is 11.9 Å². The third kappa shape index (κ3) is 3.27. The summed E-state index contributed by atoms with van der Waals surface area (Å²) in [4.78, 5) is 0. The zero-order chi connectivity index (χ0) is 15.6. The van der Waals surface area contributed by atoms with Crippen molar-refractivity contribution in [1.82, 2.24) is 10.2 Å². The van der Waals surface area contributed by atoms with Crippen LogP contribution in [-0.2, 0) is 6.18 Å². The minimum Gasteiger partial charge on any atom is -0.480 e. The number of aliphatic hydroxyl groups excluding tert-OH is 1. The number of aromatic nitrogens is 2. The molecule has 4 nitrogen and oxygen atoms in total. The van der Waals surface area contributed by atoms with E-state index in [1.54, 1.807) is 0 Å². The van der Waals surface area contributed by atoms with Crippen molar-refractivity contribution in [2.45, 2.75) is 12.3 Å². The highest BCUT2D eigenvalue weighted by atomic mass is 19.4. The van der Waals surface area contributed by atoms with Crippen molar-refractivity contribution in [2.24, 2.45) is 0 Å². The summed E-state index contributed by atoms with van der Waals surface area (Å²) in [5, 5.41) is 17.2. The SMILES string of the molecule is COc1ccc(C(O)c2ccc(F)c(C(F)(F)F)c2)nn1. The number of nitrogens with zero attached hydrogens (tertiary/aromatic N) is 2. The first kappa shape index (κ1) is 15.2. The number of benzene rings is 1. The minimum atomic E-state index is -4.84. The lowest BCUT2D eigenvalue weighted by atomic mass is 10.0. The van der Waals surface area contributed by atoms with Crippen LogP contribution in [0.25, 0.3) is 0 Å². The van der Waals surface area contributed by atoms with Gasteiger partial charge in [-0.2, -0.15) is 13.2 Å². The number of methoxy groups -OCH3 is 1. The van der Waals surface area contributed by atoms with Crippen molar-refractivity contribution < 1.29 is 27.4 Å². The number of halogens is 4. The van der Waals surface area contributed by atoms with E-state index in [1.165, 1.54) is 19.2 Å². The number of alkyl halides is 3. The molecule has 2 aromatic rings. The lowest BCUT2D eigenvalue weighted by Crippen LogP contribution is -2.11. The van der Waals surface area contributed by atoms with Gasteiger partial charge in [0.25, 0.3) is 0 Å². The molecule has 0 spiro atoms. The number of ether oxygens (including phenoxy) is 1. The van der Waals surface area contributed by atoms with Gasteiger partial charge in [-0.3, -0.25) is 0 Å². The molecular formula is C13H10F4N2O2. The largest absolute Gasteiger partial charge is 0.480 e. The zero-order valence-electron chi connectivity index (χ0n) is 10.7. The van der Waals surface area contributed by atoms with E-state index in [0.29, 0.717) is 12.1 Å². The standard InChI is InChI=1S/C13H10F4N2O2/c1-21-11-5-4-10(18-19-11)12(20)7-2-3-9(14)8(6-7)13(15,16)17/h2-6,12,20H,1H3. The Bertz CT molecular complexity index is 629. The molecule has 1 aromatic carbocycles. The first-order chi connectivity index (χ1) is 9.82. The second-order valence-corrected chi connectivity index (χ2v) is 4.14. The van der Waals surface area contributed by atoms with Crippen molar-refractivity contribution in [3.63, 3.8) is 0 Å². The summed E-state index contributed by atoms with van der Waals surface area (Å²) >= 11 is 0. The summed E-state index contributed by atoms with van der Waals surface area (Å²) in [7, 11) is 1.37. The van der Waals surface area contributed by atoms with E-state index in [-0.39, 0.29) is 17.1 Å². The Morgan fingerprint density at radius 2 is 1.86 bits per heavy atom. The number of aliphatic hydroxyl groups is 1. The van der Waals surface area contributed by atoms with Crippen molar-refractivity contribution in [3.05, 3.63) is 53.0 Å². The minimum absolute atomic E-state index is 0.0236. The first-order valence-electron chi connectivity index (χ1n) is 5.75. The lowest BCUT2D eigenvalue weighted by molar-refractivity contribution is -0.140. The van der Waals surface area contributed by atoms with Gasteiger partial charge in [0.15, 0.2) is 0 Å². The van der Waals surface area contributed by atoms with Gasteiger partial charge in [0.05, 0.1) is 18.4 Å². The molecule has 0 amide bonds. The molecule has 21 heavy (non-hydrogen) atoms. The fourth-order valence-electron chi connectivity index (χ4n) is 1.69. The van der Waals surface area contributed by atoms with Crippen LogP contribution in [0.1, 0.15) is 22.9 Å². The van der Waals surface area contributed by atoms with Gasteiger partial charge < -0.3 is 9.84 Å². The van der Waals surface area contributed by atoms with Crippen LogP contribution in [0.15, 0.2) is 30.3 Å². The van der Waals surface area contributed by atoms with Gasteiger partial charge in [0.2, 0.25) is 5.88 Å². The summed E-state index contributed by atoms with van der Waals surface area (Å²) in [6.45, 7) is 0. The second kappa shape index (κ2) is 5.65. The maximum Gasteiger partial charge on any atom is 0.419 e. The molecular weight excluding hydrogens is 292 g/mol. The molecule has 1 heterocycles. The summed E-state index contributed by atoms with van der Waals surface area (Å²) in [5.74, 6) is -1.21. The monoisotopic (exact) mass is 302 g/mol. The average Bonchev–Trinajstić information content (AvgIpc) is 2.46. The Balaban J connectivity index is 2.36. The molecule has 112 valence electrons. The van der Waals surface area contributed by atoms with Gasteiger partial charge >= 0.3 is 6.18 Å². The number of rotatable bonds is 3. The summed E-state index contributed by atoms with van der Waals surface area (Å²) in [6, 6.07) is 5.01. The van der Waals surface area contributed by atoms with E-state index < -0.39 is 23.7 Å². The van der Waals surface area contributed by atoms with E-state index in [1.807, 2.05) is 0 Å². The molecule has 8 heteroatoms. The van der Waals surface area contributed by atoms with Crippen molar-refractivity contribution >= 4 is 0 Å².